The second kappa shape index (κ2) is 4.52. The molecule has 1 aliphatic heterocycles. The zero-order valence-corrected chi connectivity index (χ0v) is 10.6. The first-order valence-electron chi connectivity index (χ1n) is 5.12. The molecule has 0 aromatic carbocycles. The van der Waals surface area contributed by atoms with Gasteiger partial charge < -0.3 is 20.1 Å². The van der Waals surface area contributed by atoms with Crippen molar-refractivity contribution in [2.75, 3.05) is 19.1 Å². The van der Waals surface area contributed by atoms with Gasteiger partial charge in [0.1, 0.15) is 6.10 Å². The highest BCUT2D eigenvalue weighted by atomic mass is 32.2. The Bertz CT molecular complexity index is 267. The Morgan fingerprint density at radius 3 is 2.25 bits per heavy atom. The second-order valence-corrected chi connectivity index (χ2v) is 6.66. The molecular formula is C10H19O5S+. The lowest BCUT2D eigenvalue weighted by atomic mass is 9.90. The molecule has 94 valence electrons. The lowest BCUT2D eigenvalue weighted by Gasteiger charge is -2.38. The van der Waals surface area contributed by atoms with Crippen molar-refractivity contribution in [2.24, 2.45) is 0 Å². The standard InChI is InChI=1S/C10H18O5S/c1-9(13,14)10(8(11)12,16(2)3)7-5-4-6-15-7/h7,13-14H,4-6H2,1-3H3/p+1. The number of rotatable bonds is 4. The lowest BCUT2D eigenvalue weighted by Crippen LogP contribution is -2.68. The van der Waals surface area contributed by atoms with Crippen molar-refractivity contribution in [3.63, 3.8) is 0 Å². The average Bonchev–Trinajstić information content (AvgIpc) is 2.53. The highest BCUT2D eigenvalue weighted by Crippen LogP contribution is 2.38. The van der Waals surface area contributed by atoms with Gasteiger partial charge in [-0.25, -0.2) is 4.79 Å². The molecule has 0 aromatic heterocycles. The van der Waals surface area contributed by atoms with E-state index in [1.165, 1.54) is 0 Å². The minimum absolute atomic E-state index is 0.479. The Hall–Kier alpha value is -0.300. The zero-order valence-electron chi connectivity index (χ0n) is 9.77. The molecule has 16 heavy (non-hydrogen) atoms. The summed E-state index contributed by atoms with van der Waals surface area (Å²) in [7, 11) is -0.726. The van der Waals surface area contributed by atoms with Gasteiger partial charge in [-0.1, -0.05) is 0 Å². The molecule has 0 saturated carbocycles. The molecule has 0 spiro atoms. The number of carboxylic acid groups (broad SMARTS) is 1. The van der Waals surface area contributed by atoms with Gasteiger partial charge in [0.05, 0.1) is 12.5 Å². The van der Waals surface area contributed by atoms with Crippen LogP contribution in [-0.2, 0) is 20.4 Å². The molecule has 2 unspecified atom stereocenters. The summed E-state index contributed by atoms with van der Waals surface area (Å²) in [6.07, 6.45) is 4.06. The summed E-state index contributed by atoms with van der Waals surface area (Å²) in [5, 5.41) is 29.1. The fourth-order valence-corrected chi connectivity index (χ4v) is 4.20. The molecule has 1 rings (SSSR count). The third-order valence-electron chi connectivity index (χ3n) is 3.05. The van der Waals surface area contributed by atoms with Crippen LogP contribution in [0.5, 0.6) is 0 Å². The number of hydrogen-bond donors (Lipinski definition) is 3. The number of hydrogen-bond acceptors (Lipinski definition) is 4. The van der Waals surface area contributed by atoms with Crippen LogP contribution in [0.15, 0.2) is 0 Å². The first kappa shape index (κ1) is 13.8. The third-order valence-corrected chi connectivity index (χ3v) is 5.16. The number of aliphatic carboxylic acids is 1. The first-order valence-corrected chi connectivity index (χ1v) is 7.16. The fraction of sp³-hybridized carbons (Fsp3) is 0.900. The molecule has 2 atom stereocenters. The Balaban J connectivity index is 3.21. The largest absolute Gasteiger partial charge is 0.477 e. The Kier molecular flexibility index (Phi) is 3.89. The van der Waals surface area contributed by atoms with E-state index in [2.05, 4.69) is 0 Å². The van der Waals surface area contributed by atoms with Crippen molar-refractivity contribution in [3.05, 3.63) is 0 Å². The van der Waals surface area contributed by atoms with Gasteiger partial charge in [0.15, 0.2) is 0 Å². The van der Waals surface area contributed by atoms with E-state index in [1.807, 2.05) is 0 Å². The molecule has 1 aliphatic rings. The number of carbonyl (C=O) groups is 1. The Labute approximate surface area is 97.8 Å². The van der Waals surface area contributed by atoms with Crippen LogP contribution in [0, 0.1) is 0 Å². The maximum Gasteiger partial charge on any atom is 0.368 e. The van der Waals surface area contributed by atoms with Crippen molar-refractivity contribution in [2.45, 2.75) is 36.4 Å². The normalized spacial score (nSPS) is 25.8. The van der Waals surface area contributed by atoms with E-state index >= 15 is 0 Å². The predicted molar refractivity (Wildman–Crippen MR) is 61.4 cm³/mol. The molecule has 3 N–H and O–H groups in total. The smallest absolute Gasteiger partial charge is 0.368 e. The highest BCUT2D eigenvalue weighted by molar-refractivity contribution is 7.97. The molecule has 0 aliphatic carbocycles. The van der Waals surface area contributed by atoms with Crippen LogP contribution in [0.1, 0.15) is 19.8 Å². The maximum atomic E-state index is 11.5. The van der Waals surface area contributed by atoms with Gasteiger partial charge in [-0.2, -0.15) is 0 Å². The van der Waals surface area contributed by atoms with E-state index < -0.39 is 33.5 Å². The van der Waals surface area contributed by atoms with E-state index in [9.17, 15) is 20.1 Å². The first-order chi connectivity index (χ1) is 7.24. The summed E-state index contributed by atoms with van der Waals surface area (Å²) in [4.78, 5) is 11.5. The summed E-state index contributed by atoms with van der Waals surface area (Å²) in [5.74, 6) is -3.50. The van der Waals surface area contributed by atoms with Crippen molar-refractivity contribution in [1.82, 2.24) is 0 Å². The topological polar surface area (TPSA) is 87.0 Å². The van der Waals surface area contributed by atoms with Gasteiger partial charge in [0, 0.05) is 17.5 Å². The molecule has 1 fully saturated rings. The molecular weight excluding hydrogens is 232 g/mol. The van der Waals surface area contributed by atoms with Crippen molar-refractivity contribution in [1.29, 1.82) is 0 Å². The van der Waals surface area contributed by atoms with E-state index in [4.69, 9.17) is 4.74 Å². The van der Waals surface area contributed by atoms with Crippen molar-refractivity contribution < 1.29 is 24.9 Å². The van der Waals surface area contributed by atoms with Gasteiger partial charge in [-0.05, 0) is 19.8 Å². The van der Waals surface area contributed by atoms with Crippen LogP contribution in [-0.4, -0.2) is 57.0 Å². The minimum Gasteiger partial charge on any atom is -0.477 e. The number of carboxylic acids is 1. The zero-order chi connectivity index (χ0) is 12.6. The fourth-order valence-electron chi connectivity index (χ4n) is 2.37. The molecule has 0 radical (unpaired) electrons. The Morgan fingerprint density at radius 2 is 2.00 bits per heavy atom. The highest BCUT2D eigenvalue weighted by Gasteiger charge is 2.69. The molecule has 1 saturated heterocycles. The maximum absolute atomic E-state index is 11.5. The monoisotopic (exact) mass is 251 g/mol. The van der Waals surface area contributed by atoms with E-state index in [0.29, 0.717) is 13.0 Å². The van der Waals surface area contributed by atoms with Crippen LogP contribution in [0.2, 0.25) is 0 Å². The summed E-state index contributed by atoms with van der Waals surface area (Å²) >= 11 is 0. The number of ether oxygens (including phenoxy) is 1. The third kappa shape index (κ3) is 1.95. The summed E-state index contributed by atoms with van der Waals surface area (Å²) in [6.45, 7) is 1.60. The van der Waals surface area contributed by atoms with Gasteiger partial charge in [0.2, 0.25) is 5.79 Å². The number of aliphatic hydroxyl groups is 2. The van der Waals surface area contributed by atoms with Crippen LogP contribution in [0.3, 0.4) is 0 Å². The van der Waals surface area contributed by atoms with E-state index in [-0.39, 0.29) is 0 Å². The lowest BCUT2D eigenvalue weighted by molar-refractivity contribution is -0.205. The quantitative estimate of drug-likeness (QED) is 0.466. The van der Waals surface area contributed by atoms with Gasteiger partial charge in [-0.15, -0.1) is 0 Å². The molecule has 0 bridgehead atoms. The van der Waals surface area contributed by atoms with Gasteiger partial charge in [0.25, 0.3) is 0 Å². The Morgan fingerprint density at radius 1 is 1.44 bits per heavy atom. The molecule has 5 nitrogen and oxygen atoms in total. The molecule has 0 amide bonds. The van der Waals surface area contributed by atoms with Gasteiger partial charge in [-0.3, -0.25) is 0 Å². The average molecular weight is 251 g/mol. The van der Waals surface area contributed by atoms with Gasteiger partial charge >= 0.3 is 10.7 Å². The van der Waals surface area contributed by atoms with Crippen LogP contribution >= 0.6 is 0 Å². The molecule has 6 heteroatoms. The second-order valence-electron chi connectivity index (χ2n) is 4.38. The van der Waals surface area contributed by atoms with Crippen LogP contribution in [0.4, 0.5) is 0 Å². The minimum atomic E-state index is -2.29. The van der Waals surface area contributed by atoms with E-state index in [1.54, 1.807) is 12.5 Å². The molecule has 0 aromatic rings. The van der Waals surface area contributed by atoms with Crippen LogP contribution < -0.4 is 0 Å². The predicted octanol–water partition coefficient (Wildman–Crippen LogP) is -0.432. The summed E-state index contributed by atoms with van der Waals surface area (Å²) in [6, 6.07) is 0. The van der Waals surface area contributed by atoms with E-state index in [0.717, 1.165) is 13.3 Å². The summed E-state index contributed by atoms with van der Waals surface area (Å²) in [5.41, 5.74) is 0. The van der Waals surface area contributed by atoms with Crippen LogP contribution in [0.25, 0.3) is 0 Å². The van der Waals surface area contributed by atoms with Crippen molar-refractivity contribution >= 4 is 16.9 Å². The molecule has 1 heterocycles. The van der Waals surface area contributed by atoms with Crippen molar-refractivity contribution in [3.8, 4) is 0 Å². The summed E-state index contributed by atoms with van der Waals surface area (Å²) < 4.78 is 3.72. The SMILES string of the molecule is C[S+](C)C(C(=O)O)(C1CCCO1)C(C)(O)O.